The monoisotopic (exact) mass is 270 g/mol. The van der Waals surface area contributed by atoms with Crippen LogP contribution in [0.25, 0.3) is 0 Å². The fourth-order valence-corrected chi connectivity index (χ4v) is 3.76. The van der Waals surface area contributed by atoms with Gasteiger partial charge in [-0.25, -0.2) is 4.39 Å². The highest BCUT2D eigenvalue weighted by Gasteiger charge is 2.37. The molecule has 0 aromatic carbocycles. The largest absolute Gasteiger partial charge is 0.311 e. The minimum absolute atomic E-state index is 0.208. The zero-order valence-corrected chi connectivity index (χ0v) is 12.9. The van der Waals surface area contributed by atoms with E-state index in [9.17, 15) is 4.39 Å². The van der Waals surface area contributed by atoms with Crippen LogP contribution < -0.4 is 5.32 Å². The number of hydrogen-bond acceptors (Lipinski definition) is 2. The third kappa shape index (κ3) is 3.91. The van der Waals surface area contributed by atoms with Gasteiger partial charge in [-0.15, -0.1) is 0 Å². The van der Waals surface area contributed by atoms with Crippen LogP contribution in [0, 0.1) is 11.3 Å². The van der Waals surface area contributed by atoms with Gasteiger partial charge in [-0.2, -0.15) is 0 Å². The van der Waals surface area contributed by atoms with Crippen LogP contribution in [0.3, 0.4) is 0 Å². The lowest BCUT2D eigenvalue weighted by molar-refractivity contribution is 0.0403. The summed E-state index contributed by atoms with van der Waals surface area (Å²) in [7, 11) is 0. The van der Waals surface area contributed by atoms with E-state index < -0.39 is 0 Å². The van der Waals surface area contributed by atoms with Gasteiger partial charge in [0.25, 0.3) is 0 Å². The molecule has 2 unspecified atom stereocenters. The van der Waals surface area contributed by atoms with Crippen molar-refractivity contribution in [1.29, 1.82) is 0 Å². The molecule has 0 aromatic heterocycles. The van der Waals surface area contributed by atoms with Gasteiger partial charge in [-0.1, -0.05) is 40.0 Å². The Balaban J connectivity index is 1.99. The van der Waals surface area contributed by atoms with E-state index in [-0.39, 0.29) is 12.1 Å². The van der Waals surface area contributed by atoms with Crippen LogP contribution in [0.15, 0.2) is 0 Å². The third-order valence-corrected chi connectivity index (χ3v) is 5.07. The summed E-state index contributed by atoms with van der Waals surface area (Å²) in [4.78, 5) is 2.43. The van der Waals surface area contributed by atoms with Gasteiger partial charge in [0.2, 0.25) is 0 Å². The van der Waals surface area contributed by atoms with Crippen molar-refractivity contribution in [1.82, 2.24) is 10.2 Å². The van der Waals surface area contributed by atoms with Crippen molar-refractivity contribution in [3.05, 3.63) is 0 Å². The number of hydrogen-bond donors (Lipinski definition) is 1. The molecule has 1 saturated heterocycles. The van der Waals surface area contributed by atoms with Crippen LogP contribution in [0.2, 0.25) is 0 Å². The molecule has 0 bridgehead atoms. The summed E-state index contributed by atoms with van der Waals surface area (Å²) in [5.41, 5.74) is 0.256. The molecule has 19 heavy (non-hydrogen) atoms. The lowest BCUT2D eigenvalue weighted by Gasteiger charge is -2.48. The number of halogens is 1. The van der Waals surface area contributed by atoms with Crippen molar-refractivity contribution in [2.45, 2.75) is 65.0 Å². The molecular formula is C16H31FN2. The fourth-order valence-electron chi connectivity index (χ4n) is 3.76. The molecule has 3 heteroatoms. The summed E-state index contributed by atoms with van der Waals surface area (Å²) in [6, 6.07) is 1.05. The predicted molar refractivity (Wildman–Crippen MR) is 79.2 cm³/mol. The molecule has 0 radical (unpaired) electrons. The van der Waals surface area contributed by atoms with Crippen LogP contribution in [0.1, 0.15) is 52.9 Å². The van der Waals surface area contributed by atoms with Crippen LogP contribution >= 0.6 is 0 Å². The van der Waals surface area contributed by atoms with Gasteiger partial charge in [0, 0.05) is 31.7 Å². The minimum Gasteiger partial charge on any atom is -0.311 e. The second-order valence-electron chi connectivity index (χ2n) is 7.48. The van der Waals surface area contributed by atoms with Crippen LogP contribution in [0.5, 0.6) is 0 Å². The third-order valence-electron chi connectivity index (χ3n) is 5.07. The Morgan fingerprint density at radius 2 is 1.84 bits per heavy atom. The molecule has 2 fully saturated rings. The number of alkyl halides is 1. The zero-order valence-electron chi connectivity index (χ0n) is 12.9. The Morgan fingerprint density at radius 1 is 1.16 bits per heavy atom. The van der Waals surface area contributed by atoms with Crippen molar-refractivity contribution >= 4 is 0 Å². The average Bonchev–Trinajstić information content (AvgIpc) is 2.39. The summed E-state index contributed by atoms with van der Waals surface area (Å²) in [5.74, 6) is 0.786. The highest BCUT2D eigenvalue weighted by molar-refractivity contribution is 4.94. The maximum atomic E-state index is 12.9. The summed E-state index contributed by atoms with van der Waals surface area (Å²) < 4.78 is 12.9. The molecule has 1 aliphatic heterocycles. The highest BCUT2D eigenvalue weighted by atomic mass is 19.1. The first-order valence-electron chi connectivity index (χ1n) is 8.06. The second-order valence-corrected chi connectivity index (χ2v) is 7.48. The molecule has 112 valence electrons. The van der Waals surface area contributed by atoms with Crippen molar-refractivity contribution in [3.63, 3.8) is 0 Å². The summed E-state index contributed by atoms with van der Waals surface area (Å²) in [5, 5.41) is 3.73. The van der Waals surface area contributed by atoms with Gasteiger partial charge in [0.05, 0.1) is 0 Å². The van der Waals surface area contributed by atoms with Crippen molar-refractivity contribution in [2.24, 2.45) is 11.3 Å². The summed E-state index contributed by atoms with van der Waals surface area (Å²) in [6.45, 7) is 9.30. The smallest absolute Gasteiger partial charge is 0.102 e. The van der Waals surface area contributed by atoms with Crippen molar-refractivity contribution < 1.29 is 4.39 Å². The van der Waals surface area contributed by atoms with Crippen LogP contribution in [-0.2, 0) is 0 Å². The van der Waals surface area contributed by atoms with Crippen molar-refractivity contribution in [3.8, 4) is 0 Å². The normalized spacial score (nSPS) is 31.6. The van der Waals surface area contributed by atoms with E-state index in [0.29, 0.717) is 18.6 Å². The average molecular weight is 270 g/mol. The molecule has 1 N–H and O–H groups in total. The van der Waals surface area contributed by atoms with E-state index >= 15 is 0 Å². The summed E-state index contributed by atoms with van der Waals surface area (Å²) >= 11 is 0. The molecule has 1 heterocycles. The number of piperazine rings is 1. The molecule has 2 nitrogen and oxygen atoms in total. The molecule has 2 atom stereocenters. The van der Waals surface area contributed by atoms with Crippen LogP contribution in [0.4, 0.5) is 4.39 Å². The minimum atomic E-state index is -0.208. The lowest BCUT2D eigenvalue weighted by atomic mass is 9.79. The highest BCUT2D eigenvalue weighted by Crippen LogP contribution is 2.32. The molecule has 1 aliphatic carbocycles. The summed E-state index contributed by atoms with van der Waals surface area (Å²) in [6.07, 6.45) is 6.82. The number of rotatable bonds is 3. The maximum Gasteiger partial charge on any atom is 0.102 e. The Hall–Kier alpha value is -0.150. The van der Waals surface area contributed by atoms with E-state index in [1.807, 2.05) is 0 Å². The Kier molecular flexibility index (Phi) is 5.24. The second kappa shape index (κ2) is 6.53. The first kappa shape index (κ1) is 15.2. The zero-order chi connectivity index (χ0) is 13.9. The topological polar surface area (TPSA) is 15.3 Å². The van der Waals surface area contributed by atoms with Gasteiger partial charge in [0.1, 0.15) is 6.67 Å². The molecule has 2 rings (SSSR count). The molecule has 0 amide bonds. The van der Waals surface area contributed by atoms with Crippen molar-refractivity contribution in [2.75, 3.05) is 26.3 Å². The van der Waals surface area contributed by atoms with E-state index in [4.69, 9.17) is 0 Å². The quantitative estimate of drug-likeness (QED) is 0.847. The predicted octanol–water partition coefficient (Wildman–Crippen LogP) is 3.22. The number of nitrogens with one attached hydrogen (secondary N) is 1. The Morgan fingerprint density at radius 3 is 2.42 bits per heavy atom. The van der Waals surface area contributed by atoms with Gasteiger partial charge in [-0.3, -0.25) is 4.90 Å². The van der Waals surface area contributed by atoms with Gasteiger partial charge < -0.3 is 5.32 Å². The first-order chi connectivity index (χ1) is 9.02. The van der Waals surface area contributed by atoms with Gasteiger partial charge in [0.15, 0.2) is 0 Å². The van der Waals surface area contributed by atoms with Crippen LogP contribution in [-0.4, -0.2) is 43.3 Å². The number of nitrogens with zero attached hydrogens (tertiary/aromatic N) is 1. The maximum absolute atomic E-state index is 12.9. The van der Waals surface area contributed by atoms with Gasteiger partial charge >= 0.3 is 0 Å². The van der Waals surface area contributed by atoms with Gasteiger partial charge in [-0.05, 0) is 24.2 Å². The molecule has 1 saturated carbocycles. The van der Waals surface area contributed by atoms with E-state index in [0.717, 1.165) is 19.0 Å². The molecule has 0 aromatic rings. The molecular weight excluding hydrogens is 239 g/mol. The lowest BCUT2D eigenvalue weighted by Crippen LogP contribution is -2.62. The SMILES string of the molecule is CC(C)(C)C1CN(CCF)C(C2CCCCC2)CN1. The molecule has 2 aliphatic rings. The van der Waals surface area contributed by atoms with E-state index in [2.05, 4.69) is 31.0 Å². The fraction of sp³-hybridized carbons (Fsp3) is 1.00. The first-order valence-corrected chi connectivity index (χ1v) is 8.06. The van der Waals surface area contributed by atoms with E-state index in [1.165, 1.54) is 32.1 Å². The van der Waals surface area contributed by atoms with E-state index in [1.54, 1.807) is 0 Å². The Bertz CT molecular complexity index is 268. The standard InChI is InChI=1S/C16H31FN2/c1-16(2,3)15-12-19(10-9-17)14(11-18-15)13-7-5-4-6-8-13/h13-15,18H,4-12H2,1-3H3. The Labute approximate surface area is 118 Å². The molecule has 0 spiro atoms.